The monoisotopic (exact) mass is 440 g/mol. The Morgan fingerprint density at radius 2 is 1.77 bits per heavy atom. The molecule has 1 heterocycles. The van der Waals surface area contributed by atoms with Crippen LogP contribution in [0.25, 0.3) is 0 Å². The van der Waals surface area contributed by atoms with Crippen molar-refractivity contribution in [1.29, 1.82) is 0 Å². The van der Waals surface area contributed by atoms with Crippen LogP contribution in [0.4, 0.5) is 11.4 Å². The summed E-state index contributed by atoms with van der Waals surface area (Å²) in [6.45, 7) is 0.583. The molecule has 138 valence electrons. The summed E-state index contributed by atoms with van der Waals surface area (Å²) < 4.78 is 37.0. The fourth-order valence-corrected chi connectivity index (χ4v) is 3.58. The van der Waals surface area contributed by atoms with Crippen molar-refractivity contribution in [3.05, 3.63) is 46.9 Å². The highest BCUT2D eigenvalue weighted by Crippen LogP contribution is 2.32. The second-order valence-corrected chi connectivity index (χ2v) is 8.48. The maximum Gasteiger partial charge on any atom is 0.245 e. The van der Waals surface area contributed by atoms with Crippen molar-refractivity contribution in [1.82, 2.24) is 0 Å². The van der Waals surface area contributed by atoms with E-state index in [4.69, 9.17) is 9.47 Å². The van der Waals surface area contributed by atoms with Crippen LogP contribution in [0.15, 0.2) is 46.9 Å². The summed E-state index contributed by atoms with van der Waals surface area (Å²) in [6, 6.07) is 11.7. The van der Waals surface area contributed by atoms with E-state index in [-0.39, 0.29) is 6.54 Å². The van der Waals surface area contributed by atoms with Gasteiger partial charge in [-0.2, -0.15) is 0 Å². The van der Waals surface area contributed by atoms with Gasteiger partial charge < -0.3 is 14.8 Å². The number of hydrogen-bond donors (Lipinski definition) is 1. The number of benzene rings is 2. The summed E-state index contributed by atoms with van der Waals surface area (Å²) in [6.07, 6.45) is 1.06. The van der Waals surface area contributed by atoms with Crippen LogP contribution in [0.2, 0.25) is 0 Å². The summed E-state index contributed by atoms with van der Waals surface area (Å²) in [4.78, 5) is 12.4. The zero-order valence-corrected chi connectivity index (χ0v) is 16.3. The molecule has 9 heteroatoms. The minimum Gasteiger partial charge on any atom is -0.486 e. The van der Waals surface area contributed by atoms with Gasteiger partial charge in [-0.3, -0.25) is 9.10 Å². The van der Waals surface area contributed by atoms with Gasteiger partial charge in [-0.15, -0.1) is 0 Å². The predicted molar refractivity (Wildman–Crippen MR) is 102 cm³/mol. The van der Waals surface area contributed by atoms with E-state index in [1.54, 1.807) is 42.5 Å². The van der Waals surface area contributed by atoms with Crippen LogP contribution in [0.1, 0.15) is 0 Å². The number of hydrogen-bond acceptors (Lipinski definition) is 5. The minimum atomic E-state index is -3.62. The van der Waals surface area contributed by atoms with Crippen molar-refractivity contribution in [3.8, 4) is 11.5 Å². The molecule has 0 bridgehead atoms. The second kappa shape index (κ2) is 7.55. The van der Waals surface area contributed by atoms with Crippen molar-refractivity contribution < 1.29 is 22.7 Å². The van der Waals surface area contributed by atoms with Crippen LogP contribution in [0.3, 0.4) is 0 Å². The molecule has 1 aliphatic heterocycles. The maximum absolute atomic E-state index is 12.4. The number of halogens is 1. The Kier molecular flexibility index (Phi) is 5.38. The normalized spacial score (nSPS) is 13.2. The third-order valence-electron chi connectivity index (χ3n) is 3.63. The number of nitrogens with one attached hydrogen (secondary N) is 1. The molecule has 0 saturated carbocycles. The Morgan fingerprint density at radius 1 is 1.12 bits per heavy atom. The Labute approximate surface area is 160 Å². The number of fused-ring (bicyclic) bond motifs is 1. The Morgan fingerprint density at radius 3 is 2.42 bits per heavy atom. The molecule has 2 aromatic rings. The summed E-state index contributed by atoms with van der Waals surface area (Å²) in [5.74, 6) is 0.693. The third-order valence-corrected chi connectivity index (χ3v) is 5.30. The van der Waals surface area contributed by atoms with Gasteiger partial charge in [0.05, 0.1) is 11.9 Å². The van der Waals surface area contributed by atoms with E-state index in [9.17, 15) is 13.2 Å². The summed E-state index contributed by atoms with van der Waals surface area (Å²) in [7, 11) is -3.62. The quantitative estimate of drug-likeness (QED) is 0.772. The molecule has 0 aromatic heterocycles. The van der Waals surface area contributed by atoms with Crippen LogP contribution in [-0.2, 0) is 14.8 Å². The lowest BCUT2D eigenvalue weighted by molar-refractivity contribution is -0.114. The molecule has 1 N–H and O–H groups in total. The van der Waals surface area contributed by atoms with Gasteiger partial charge >= 0.3 is 0 Å². The molecule has 0 fully saturated rings. The Hall–Kier alpha value is -2.26. The molecule has 1 amide bonds. The molecule has 0 saturated heterocycles. The van der Waals surface area contributed by atoms with Crippen molar-refractivity contribution in [3.63, 3.8) is 0 Å². The van der Waals surface area contributed by atoms with Crippen molar-refractivity contribution >= 4 is 43.2 Å². The van der Waals surface area contributed by atoms with E-state index < -0.39 is 15.9 Å². The highest BCUT2D eigenvalue weighted by atomic mass is 79.9. The first-order valence-corrected chi connectivity index (χ1v) is 10.4. The number of rotatable bonds is 5. The number of carbonyl (C=O) groups is 1. The van der Waals surface area contributed by atoms with Gasteiger partial charge in [0, 0.05) is 16.2 Å². The van der Waals surface area contributed by atoms with E-state index in [2.05, 4.69) is 21.2 Å². The first kappa shape index (κ1) is 18.5. The maximum atomic E-state index is 12.4. The molecule has 26 heavy (non-hydrogen) atoms. The standard InChI is InChI=1S/C17H17BrN2O5S/c1-26(22,23)20(14-5-2-12(18)3-6-14)11-17(21)19-13-4-7-15-16(10-13)25-9-8-24-15/h2-7,10H,8-9,11H2,1H3,(H,19,21). The van der Waals surface area contributed by atoms with Crippen LogP contribution in [0, 0.1) is 0 Å². The van der Waals surface area contributed by atoms with Crippen LogP contribution in [0.5, 0.6) is 11.5 Å². The van der Waals surface area contributed by atoms with Crippen LogP contribution in [-0.4, -0.2) is 40.3 Å². The Balaban J connectivity index is 1.75. The van der Waals surface area contributed by atoms with Gasteiger partial charge in [-0.05, 0) is 36.4 Å². The van der Waals surface area contributed by atoms with Gasteiger partial charge in [0.2, 0.25) is 15.9 Å². The van der Waals surface area contributed by atoms with Gasteiger partial charge in [0.15, 0.2) is 11.5 Å². The highest BCUT2D eigenvalue weighted by molar-refractivity contribution is 9.10. The summed E-state index contributed by atoms with van der Waals surface area (Å²) in [5.41, 5.74) is 0.913. The average Bonchev–Trinajstić information content (AvgIpc) is 2.59. The number of nitrogens with zero attached hydrogens (tertiary/aromatic N) is 1. The lowest BCUT2D eigenvalue weighted by Crippen LogP contribution is -2.37. The molecular weight excluding hydrogens is 424 g/mol. The number of ether oxygens (including phenoxy) is 2. The lowest BCUT2D eigenvalue weighted by atomic mass is 10.2. The number of amides is 1. The van der Waals surface area contributed by atoms with E-state index >= 15 is 0 Å². The molecule has 0 aliphatic carbocycles. The summed E-state index contributed by atoms with van der Waals surface area (Å²) >= 11 is 3.30. The first-order chi connectivity index (χ1) is 12.3. The van der Waals surface area contributed by atoms with Gasteiger partial charge in [0.1, 0.15) is 19.8 Å². The zero-order chi connectivity index (χ0) is 18.7. The Bertz CT molecular complexity index is 915. The molecule has 3 rings (SSSR count). The molecule has 0 atom stereocenters. The average molecular weight is 441 g/mol. The van der Waals surface area contributed by atoms with E-state index in [0.717, 1.165) is 15.0 Å². The van der Waals surface area contributed by atoms with Crippen LogP contribution < -0.4 is 19.1 Å². The highest BCUT2D eigenvalue weighted by Gasteiger charge is 2.21. The van der Waals surface area contributed by atoms with Crippen molar-refractivity contribution in [2.75, 3.05) is 35.6 Å². The number of anilines is 2. The molecule has 7 nitrogen and oxygen atoms in total. The lowest BCUT2D eigenvalue weighted by Gasteiger charge is -2.22. The zero-order valence-electron chi connectivity index (χ0n) is 13.9. The largest absolute Gasteiger partial charge is 0.486 e. The molecular formula is C17H17BrN2O5S. The second-order valence-electron chi connectivity index (χ2n) is 5.65. The fourth-order valence-electron chi connectivity index (χ4n) is 2.46. The molecule has 1 aliphatic rings. The van der Waals surface area contributed by atoms with Crippen molar-refractivity contribution in [2.24, 2.45) is 0 Å². The molecule has 0 radical (unpaired) electrons. The number of carbonyl (C=O) groups excluding carboxylic acids is 1. The van der Waals surface area contributed by atoms with Gasteiger partial charge in [0.25, 0.3) is 0 Å². The minimum absolute atomic E-state index is 0.338. The molecule has 0 spiro atoms. The molecule has 2 aromatic carbocycles. The van der Waals surface area contributed by atoms with Gasteiger partial charge in [-0.25, -0.2) is 8.42 Å². The van der Waals surface area contributed by atoms with Gasteiger partial charge in [-0.1, -0.05) is 15.9 Å². The van der Waals surface area contributed by atoms with E-state index in [1.165, 1.54) is 0 Å². The smallest absolute Gasteiger partial charge is 0.245 e. The van der Waals surface area contributed by atoms with Crippen LogP contribution >= 0.6 is 15.9 Å². The fraction of sp³-hybridized carbons (Fsp3) is 0.235. The third kappa shape index (κ3) is 4.47. The predicted octanol–water partition coefficient (Wildman–Crippen LogP) is 2.62. The summed E-state index contributed by atoms with van der Waals surface area (Å²) in [5, 5.41) is 2.69. The topological polar surface area (TPSA) is 84.9 Å². The number of sulfonamides is 1. The van der Waals surface area contributed by atoms with E-state index in [1.807, 2.05) is 0 Å². The molecule has 0 unspecified atom stereocenters. The van der Waals surface area contributed by atoms with Crippen molar-refractivity contribution in [2.45, 2.75) is 0 Å². The SMILES string of the molecule is CS(=O)(=O)N(CC(=O)Nc1ccc2c(c1)OCCO2)c1ccc(Br)cc1. The van der Waals surface area contributed by atoms with E-state index in [0.29, 0.717) is 36.1 Å². The first-order valence-electron chi connectivity index (χ1n) is 7.76.